The number of ketones is 1. The minimum atomic E-state index is -3.23. The van der Waals surface area contributed by atoms with Crippen molar-refractivity contribution in [3.63, 3.8) is 0 Å². The zero-order valence-corrected chi connectivity index (χ0v) is 11.2. The fraction of sp³-hybridized carbons (Fsp3) is 0.154. The molecule has 0 spiro atoms. The Morgan fingerprint density at radius 1 is 1.16 bits per heavy atom. The Balaban J connectivity index is 2.17. The standard InChI is InChI=1S/C13H13N2O3S/c1-19(17,18)12-4-2-11(3-5-12)13(16)10-15-8-6-14-7-9-15/h2-9H,10H2,1H3/q+1. The molecule has 6 heteroatoms. The summed E-state index contributed by atoms with van der Waals surface area (Å²) in [6, 6.07) is 5.94. The minimum Gasteiger partial charge on any atom is -0.287 e. The monoisotopic (exact) mass is 277 g/mol. The van der Waals surface area contributed by atoms with Crippen LogP contribution in [0.1, 0.15) is 10.4 Å². The molecule has 2 rings (SSSR count). The Morgan fingerprint density at radius 2 is 1.74 bits per heavy atom. The number of aromatic nitrogens is 2. The lowest BCUT2D eigenvalue weighted by Crippen LogP contribution is -2.37. The number of rotatable bonds is 4. The molecule has 0 fully saturated rings. The molecule has 0 saturated carbocycles. The molecule has 0 aliphatic carbocycles. The second kappa shape index (κ2) is 5.27. The van der Waals surface area contributed by atoms with Crippen LogP contribution in [0.5, 0.6) is 0 Å². The van der Waals surface area contributed by atoms with Gasteiger partial charge in [0, 0.05) is 11.8 Å². The van der Waals surface area contributed by atoms with E-state index in [1.54, 1.807) is 29.4 Å². The summed E-state index contributed by atoms with van der Waals surface area (Å²) in [7, 11) is -3.23. The van der Waals surface area contributed by atoms with E-state index >= 15 is 0 Å². The fourth-order valence-electron chi connectivity index (χ4n) is 1.60. The first-order valence-electron chi connectivity index (χ1n) is 5.59. The maximum absolute atomic E-state index is 12.0. The van der Waals surface area contributed by atoms with Gasteiger partial charge in [-0.25, -0.2) is 8.42 Å². The lowest BCUT2D eigenvalue weighted by atomic mass is 10.1. The van der Waals surface area contributed by atoms with Gasteiger partial charge in [-0.3, -0.25) is 9.78 Å². The number of hydrogen-bond donors (Lipinski definition) is 0. The predicted octanol–water partition coefficient (Wildman–Crippen LogP) is 0.655. The molecule has 0 radical (unpaired) electrons. The van der Waals surface area contributed by atoms with Crippen molar-refractivity contribution in [1.82, 2.24) is 4.98 Å². The van der Waals surface area contributed by atoms with E-state index in [0.29, 0.717) is 5.56 Å². The molecule has 0 N–H and O–H groups in total. The summed E-state index contributed by atoms with van der Waals surface area (Å²) in [6.45, 7) is 0.195. The van der Waals surface area contributed by atoms with Crippen molar-refractivity contribution >= 4 is 15.6 Å². The third-order valence-electron chi connectivity index (χ3n) is 2.62. The highest BCUT2D eigenvalue weighted by molar-refractivity contribution is 7.90. The first kappa shape index (κ1) is 13.4. The van der Waals surface area contributed by atoms with Gasteiger partial charge in [0.15, 0.2) is 22.2 Å². The van der Waals surface area contributed by atoms with Crippen molar-refractivity contribution in [2.75, 3.05) is 6.26 Å². The fourth-order valence-corrected chi connectivity index (χ4v) is 2.23. The summed E-state index contributed by atoms with van der Waals surface area (Å²) in [5, 5.41) is 0. The Kier molecular flexibility index (Phi) is 3.71. The van der Waals surface area contributed by atoms with Gasteiger partial charge in [0.25, 0.3) is 0 Å². The Labute approximate surface area is 111 Å². The zero-order valence-electron chi connectivity index (χ0n) is 10.4. The van der Waals surface area contributed by atoms with Crippen LogP contribution in [0.3, 0.4) is 0 Å². The molecule has 5 nitrogen and oxygen atoms in total. The highest BCUT2D eigenvalue weighted by atomic mass is 32.2. The van der Waals surface area contributed by atoms with E-state index in [1.807, 2.05) is 0 Å². The molecule has 0 saturated heterocycles. The van der Waals surface area contributed by atoms with Crippen LogP contribution in [0, 0.1) is 0 Å². The van der Waals surface area contributed by atoms with Crippen molar-refractivity contribution in [3.05, 3.63) is 54.6 Å². The lowest BCUT2D eigenvalue weighted by Gasteiger charge is -2.00. The van der Waals surface area contributed by atoms with Crippen molar-refractivity contribution in [2.24, 2.45) is 0 Å². The largest absolute Gasteiger partial charge is 0.287 e. The summed E-state index contributed by atoms with van der Waals surface area (Å²) in [6.07, 6.45) is 7.72. The zero-order chi connectivity index (χ0) is 13.9. The minimum absolute atomic E-state index is 0.0868. The quantitative estimate of drug-likeness (QED) is 0.608. The van der Waals surface area contributed by atoms with Gasteiger partial charge >= 0.3 is 0 Å². The van der Waals surface area contributed by atoms with Crippen LogP contribution in [0.4, 0.5) is 0 Å². The second-order valence-electron chi connectivity index (χ2n) is 4.14. The Bertz CT molecular complexity index is 680. The summed E-state index contributed by atoms with van der Waals surface area (Å²) in [5.74, 6) is -0.0868. The molecule has 19 heavy (non-hydrogen) atoms. The number of carbonyl (C=O) groups is 1. The molecule has 98 valence electrons. The predicted molar refractivity (Wildman–Crippen MR) is 68.3 cm³/mol. The van der Waals surface area contributed by atoms with E-state index in [4.69, 9.17) is 0 Å². The van der Waals surface area contributed by atoms with Crippen LogP contribution >= 0.6 is 0 Å². The normalized spacial score (nSPS) is 11.2. The summed E-state index contributed by atoms with van der Waals surface area (Å²) >= 11 is 0. The highest BCUT2D eigenvalue weighted by Gasteiger charge is 2.13. The van der Waals surface area contributed by atoms with Crippen LogP contribution in [-0.4, -0.2) is 25.4 Å². The number of carbonyl (C=O) groups excluding carboxylic acids is 1. The van der Waals surface area contributed by atoms with Gasteiger partial charge in [0.2, 0.25) is 12.3 Å². The van der Waals surface area contributed by atoms with E-state index in [0.717, 1.165) is 6.26 Å². The van der Waals surface area contributed by atoms with Crippen molar-refractivity contribution in [2.45, 2.75) is 11.4 Å². The van der Waals surface area contributed by atoms with Gasteiger partial charge < -0.3 is 0 Å². The Hall–Kier alpha value is -2.08. The smallest absolute Gasteiger partial charge is 0.227 e. The molecule has 1 aromatic heterocycles. The third-order valence-corrected chi connectivity index (χ3v) is 3.75. The molecular weight excluding hydrogens is 264 g/mol. The molecular formula is C13H13N2O3S+. The van der Waals surface area contributed by atoms with Gasteiger partial charge in [-0.15, -0.1) is 0 Å². The van der Waals surface area contributed by atoms with E-state index in [1.165, 1.54) is 24.3 Å². The van der Waals surface area contributed by atoms with Crippen LogP contribution in [0.2, 0.25) is 0 Å². The van der Waals surface area contributed by atoms with E-state index in [-0.39, 0.29) is 17.2 Å². The summed E-state index contributed by atoms with van der Waals surface area (Å²) < 4.78 is 24.3. The molecule has 0 atom stereocenters. The molecule has 0 bridgehead atoms. The molecule has 0 unspecified atom stereocenters. The van der Waals surface area contributed by atoms with E-state index in [2.05, 4.69) is 4.98 Å². The highest BCUT2D eigenvalue weighted by Crippen LogP contribution is 2.10. The SMILES string of the molecule is CS(=O)(=O)c1ccc(C(=O)C[n+]2ccncc2)cc1. The van der Waals surface area contributed by atoms with Gasteiger partial charge in [0.1, 0.15) is 0 Å². The molecule has 0 amide bonds. The number of benzene rings is 1. The molecule has 0 aliphatic rings. The average molecular weight is 277 g/mol. The maximum atomic E-state index is 12.0. The van der Waals surface area contributed by atoms with Gasteiger partial charge in [-0.1, -0.05) is 0 Å². The first-order chi connectivity index (χ1) is 8.97. The number of hydrogen-bond acceptors (Lipinski definition) is 4. The Morgan fingerprint density at radius 3 is 2.26 bits per heavy atom. The van der Waals surface area contributed by atoms with E-state index < -0.39 is 9.84 Å². The van der Waals surface area contributed by atoms with Crippen molar-refractivity contribution in [1.29, 1.82) is 0 Å². The third kappa shape index (κ3) is 3.45. The lowest BCUT2D eigenvalue weighted by molar-refractivity contribution is -0.683. The molecule has 1 heterocycles. The van der Waals surface area contributed by atoms with Crippen LogP contribution < -0.4 is 4.57 Å². The van der Waals surface area contributed by atoms with Crippen LogP contribution in [0.15, 0.2) is 53.9 Å². The van der Waals surface area contributed by atoms with Crippen LogP contribution in [0.25, 0.3) is 0 Å². The average Bonchev–Trinajstić information content (AvgIpc) is 2.39. The summed E-state index contributed by atoms with van der Waals surface area (Å²) in [4.78, 5) is 16.1. The topological polar surface area (TPSA) is 68.0 Å². The number of sulfone groups is 1. The first-order valence-corrected chi connectivity index (χ1v) is 7.48. The second-order valence-corrected chi connectivity index (χ2v) is 6.15. The van der Waals surface area contributed by atoms with Gasteiger partial charge in [0.05, 0.1) is 17.3 Å². The van der Waals surface area contributed by atoms with E-state index in [9.17, 15) is 13.2 Å². The van der Waals surface area contributed by atoms with Gasteiger partial charge in [-0.05, 0) is 24.3 Å². The van der Waals surface area contributed by atoms with Crippen molar-refractivity contribution < 1.29 is 17.8 Å². The molecule has 2 aromatic rings. The van der Waals surface area contributed by atoms with Crippen LogP contribution in [-0.2, 0) is 16.4 Å². The van der Waals surface area contributed by atoms with Gasteiger partial charge in [-0.2, -0.15) is 4.57 Å². The van der Waals surface area contributed by atoms with Crippen molar-refractivity contribution in [3.8, 4) is 0 Å². The number of nitrogens with zero attached hydrogens (tertiary/aromatic N) is 2. The summed E-state index contributed by atoms with van der Waals surface area (Å²) in [5.41, 5.74) is 0.483. The number of Topliss-reactive ketones (excluding diaryl/α,β-unsaturated/α-hetero) is 1. The maximum Gasteiger partial charge on any atom is 0.227 e. The molecule has 0 aliphatic heterocycles. The molecule has 1 aromatic carbocycles.